The van der Waals surface area contributed by atoms with Crippen LogP contribution in [0.3, 0.4) is 0 Å². The van der Waals surface area contributed by atoms with Gasteiger partial charge in [0.1, 0.15) is 12.4 Å². The summed E-state index contributed by atoms with van der Waals surface area (Å²) in [5.41, 5.74) is 6.50. The van der Waals surface area contributed by atoms with Gasteiger partial charge in [0.25, 0.3) is 5.91 Å². The van der Waals surface area contributed by atoms with E-state index in [1.165, 1.54) is 21.7 Å². The van der Waals surface area contributed by atoms with E-state index in [2.05, 4.69) is 10.4 Å². The van der Waals surface area contributed by atoms with E-state index in [9.17, 15) is 23.9 Å². The van der Waals surface area contributed by atoms with E-state index in [0.29, 0.717) is 10.9 Å². The Bertz CT molecular complexity index is 1220. The van der Waals surface area contributed by atoms with Crippen molar-refractivity contribution in [2.45, 2.75) is 38.6 Å². The molecule has 0 aliphatic heterocycles. The highest BCUT2D eigenvalue weighted by Gasteiger charge is 2.34. The summed E-state index contributed by atoms with van der Waals surface area (Å²) in [6, 6.07) is 11.5. The number of nitrogens with one attached hydrogen (secondary N) is 1. The molecule has 3 amide bonds. The number of amides is 3. The molecule has 0 saturated heterocycles. The molecule has 0 radical (unpaired) electrons. The third-order valence-corrected chi connectivity index (χ3v) is 5.60. The lowest BCUT2D eigenvalue weighted by atomic mass is 10.1. The van der Waals surface area contributed by atoms with E-state index in [0.717, 1.165) is 12.8 Å². The van der Waals surface area contributed by atoms with Crippen LogP contribution in [0, 0.1) is 5.82 Å². The number of nitrogens with two attached hydrogens (primary N) is 1. The van der Waals surface area contributed by atoms with E-state index in [1.54, 1.807) is 30.3 Å². The molecule has 33 heavy (non-hydrogen) atoms. The van der Waals surface area contributed by atoms with Crippen LogP contribution in [0.4, 0.5) is 4.39 Å². The minimum absolute atomic E-state index is 0.0462. The number of hydrogen-bond donors (Lipinski definition) is 3. The Morgan fingerprint density at radius 2 is 1.88 bits per heavy atom. The Morgan fingerprint density at radius 3 is 2.58 bits per heavy atom. The third-order valence-electron chi connectivity index (χ3n) is 5.60. The van der Waals surface area contributed by atoms with Gasteiger partial charge in [0.15, 0.2) is 5.69 Å². The second-order valence-corrected chi connectivity index (χ2v) is 7.97. The van der Waals surface area contributed by atoms with Gasteiger partial charge in [-0.05, 0) is 18.9 Å². The molecule has 4 rings (SSSR count). The molecule has 0 unspecified atom stereocenters. The fraction of sp³-hybridized carbons (Fsp3) is 0.304. The standard InChI is InChI=1S/C23H24FN5O4/c24-21-14(4-3-5-15(21)13-30)10-26-19(31)11-28(16-8-9-16)20(32)12-29-18-7-2-1-6-17(18)22(27-29)23(25)33/h1-7,16,30H,8-13H2,(H2,25,33)(H,26,31). The number of aromatic nitrogens is 2. The minimum Gasteiger partial charge on any atom is -0.392 e. The number of fused-ring (bicyclic) bond motifs is 1. The van der Waals surface area contributed by atoms with Gasteiger partial charge in [-0.25, -0.2) is 4.39 Å². The number of para-hydroxylation sites is 1. The van der Waals surface area contributed by atoms with Gasteiger partial charge in [-0.3, -0.25) is 19.1 Å². The first-order valence-electron chi connectivity index (χ1n) is 10.6. The van der Waals surface area contributed by atoms with Gasteiger partial charge in [0.05, 0.1) is 18.7 Å². The highest BCUT2D eigenvalue weighted by Crippen LogP contribution is 2.27. The number of hydrogen-bond acceptors (Lipinski definition) is 5. The summed E-state index contributed by atoms with van der Waals surface area (Å²) < 4.78 is 15.7. The molecule has 10 heteroatoms. The molecule has 1 fully saturated rings. The third kappa shape index (κ3) is 4.85. The lowest BCUT2D eigenvalue weighted by Crippen LogP contribution is -2.43. The van der Waals surface area contributed by atoms with Crippen molar-refractivity contribution in [3.8, 4) is 0 Å². The van der Waals surface area contributed by atoms with Gasteiger partial charge in [0.2, 0.25) is 11.8 Å². The molecule has 4 N–H and O–H groups in total. The molecule has 2 aromatic carbocycles. The summed E-state index contributed by atoms with van der Waals surface area (Å²) in [5.74, 6) is -1.99. The number of primary amides is 1. The molecule has 1 aliphatic rings. The van der Waals surface area contributed by atoms with Gasteiger partial charge < -0.3 is 21.1 Å². The molecule has 0 spiro atoms. The number of rotatable bonds is 9. The van der Waals surface area contributed by atoms with Crippen molar-refractivity contribution in [1.82, 2.24) is 20.0 Å². The van der Waals surface area contributed by atoms with Crippen LogP contribution < -0.4 is 11.1 Å². The summed E-state index contributed by atoms with van der Waals surface area (Å²) in [6.07, 6.45) is 1.58. The van der Waals surface area contributed by atoms with Crippen LogP contribution in [0.25, 0.3) is 10.9 Å². The van der Waals surface area contributed by atoms with Crippen molar-refractivity contribution in [3.63, 3.8) is 0 Å². The predicted molar refractivity (Wildman–Crippen MR) is 117 cm³/mol. The lowest BCUT2D eigenvalue weighted by molar-refractivity contribution is -0.137. The second-order valence-electron chi connectivity index (χ2n) is 7.97. The highest BCUT2D eigenvalue weighted by molar-refractivity contribution is 6.04. The number of carbonyl (C=O) groups excluding carboxylic acids is 3. The Labute approximate surface area is 189 Å². The number of aliphatic hydroxyl groups is 1. The summed E-state index contributed by atoms with van der Waals surface area (Å²) in [5, 5.41) is 16.6. The van der Waals surface area contributed by atoms with Gasteiger partial charge in [-0.1, -0.05) is 36.4 Å². The maximum Gasteiger partial charge on any atom is 0.269 e. The second kappa shape index (κ2) is 9.37. The van der Waals surface area contributed by atoms with Crippen LogP contribution in [0.5, 0.6) is 0 Å². The zero-order valence-corrected chi connectivity index (χ0v) is 17.8. The molecular weight excluding hydrogens is 429 g/mol. The summed E-state index contributed by atoms with van der Waals surface area (Å²) >= 11 is 0. The average Bonchev–Trinajstić information content (AvgIpc) is 3.58. The van der Waals surface area contributed by atoms with Crippen molar-refractivity contribution < 1.29 is 23.9 Å². The van der Waals surface area contributed by atoms with Crippen LogP contribution in [-0.4, -0.2) is 50.1 Å². The van der Waals surface area contributed by atoms with Crippen LogP contribution in [0.15, 0.2) is 42.5 Å². The number of aliphatic hydroxyl groups excluding tert-OH is 1. The smallest absolute Gasteiger partial charge is 0.269 e. The number of halogens is 1. The predicted octanol–water partition coefficient (Wildman–Crippen LogP) is 1.07. The normalized spacial score (nSPS) is 13.2. The van der Waals surface area contributed by atoms with Crippen molar-refractivity contribution >= 4 is 28.6 Å². The summed E-state index contributed by atoms with van der Waals surface area (Å²) in [6.45, 7) is -0.814. The van der Waals surface area contributed by atoms with Gasteiger partial charge in [-0.15, -0.1) is 0 Å². The zero-order valence-electron chi connectivity index (χ0n) is 17.8. The summed E-state index contributed by atoms with van der Waals surface area (Å²) in [7, 11) is 0. The SMILES string of the molecule is NC(=O)c1nn(CC(=O)N(CC(=O)NCc2cccc(CO)c2F)C2CC2)c2ccccc12. The average molecular weight is 453 g/mol. The van der Waals surface area contributed by atoms with Crippen molar-refractivity contribution in [1.29, 1.82) is 0 Å². The van der Waals surface area contributed by atoms with Crippen LogP contribution in [-0.2, 0) is 29.3 Å². The topological polar surface area (TPSA) is 131 Å². The van der Waals surface area contributed by atoms with E-state index in [-0.39, 0.29) is 48.4 Å². The highest BCUT2D eigenvalue weighted by atomic mass is 19.1. The van der Waals surface area contributed by atoms with Crippen LogP contribution >= 0.6 is 0 Å². The number of nitrogens with zero attached hydrogens (tertiary/aromatic N) is 3. The first kappa shape index (κ1) is 22.4. The van der Waals surface area contributed by atoms with Crippen molar-refractivity contribution in [2.75, 3.05) is 6.54 Å². The number of carbonyl (C=O) groups is 3. The monoisotopic (exact) mass is 453 g/mol. The lowest BCUT2D eigenvalue weighted by Gasteiger charge is -2.22. The van der Waals surface area contributed by atoms with Crippen LogP contribution in [0.2, 0.25) is 0 Å². The first-order chi connectivity index (χ1) is 15.9. The molecule has 1 saturated carbocycles. The number of benzene rings is 2. The molecular formula is C23H24FN5O4. The molecule has 172 valence electrons. The van der Waals surface area contributed by atoms with Gasteiger partial charge in [0, 0.05) is 29.1 Å². The van der Waals surface area contributed by atoms with Gasteiger partial charge in [-0.2, -0.15) is 5.10 Å². The molecule has 3 aromatic rings. The largest absolute Gasteiger partial charge is 0.392 e. The molecule has 1 heterocycles. The molecule has 9 nitrogen and oxygen atoms in total. The van der Waals surface area contributed by atoms with E-state index >= 15 is 0 Å². The minimum atomic E-state index is -0.687. The molecule has 1 aromatic heterocycles. The van der Waals surface area contributed by atoms with E-state index < -0.39 is 24.2 Å². The Balaban J connectivity index is 1.44. The van der Waals surface area contributed by atoms with Crippen molar-refractivity contribution in [2.24, 2.45) is 5.73 Å². The van der Waals surface area contributed by atoms with Gasteiger partial charge >= 0.3 is 0 Å². The Hall–Kier alpha value is -3.79. The van der Waals surface area contributed by atoms with E-state index in [4.69, 9.17) is 5.73 Å². The molecule has 0 atom stereocenters. The quantitative estimate of drug-likeness (QED) is 0.446. The zero-order chi connectivity index (χ0) is 23.5. The Kier molecular flexibility index (Phi) is 6.36. The molecule has 1 aliphatic carbocycles. The Morgan fingerprint density at radius 1 is 1.15 bits per heavy atom. The fourth-order valence-corrected chi connectivity index (χ4v) is 3.75. The summed E-state index contributed by atoms with van der Waals surface area (Å²) in [4.78, 5) is 38.8. The molecule has 0 bridgehead atoms. The van der Waals surface area contributed by atoms with E-state index in [1.807, 2.05) is 0 Å². The fourth-order valence-electron chi connectivity index (χ4n) is 3.75. The maximum absolute atomic E-state index is 14.3. The van der Waals surface area contributed by atoms with Crippen LogP contribution in [0.1, 0.15) is 34.5 Å². The first-order valence-corrected chi connectivity index (χ1v) is 10.6. The maximum atomic E-state index is 14.3. The van der Waals surface area contributed by atoms with Crippen molar-refractivity contribution in [3.05, 3.63) is 65.1 Å².